The van der Waals surface area contributed by atoms with Crippen molar-refractivity contribution >= 4 is 5.97 Å². The summed E-state index contributed by atoms with van der Waals surface area (Å²) in [5.41, 5.74) is 2.92. The van der Waals surface area contributed by atoms with Gasteiger partial charge >= 0.3 is 5.97 Å². The van der Waals surface area contributed by atoms with E-state index in [2.05, 4.69) is 6.92 Å². The maximum Gasteiger partial charge on any atom is 0.311 e. The molecule has 1 unspecified atom stereocenters. The highest BCUT2D eigenvalue weighted by atomic mass is 16.5. The van der Waals surface area contributed by atoms with Crippen molar-refractivity contribution in [1.29, 1.82) is 0 Å². The molecule has 0 aromatic heterocycles. The van der Waals surface area contributed by atoms with E-state index in [0.717, 1.165) is 17.5 Å². The number of hydrogen-bond donors (Lipinski definition) is 1. The Morgan fingerprint density at radius 2 is 1.71 bits per heavy atom. The molecule has 0 aliphatic rings. The lowest BCUT2D eigenvalue weighted by Gasteiger charge is -2.15. The van der Waals surface area contributed by atoms with E-state index in [1.54, 1.807) is 7.11 Å². The van der Waals surface area contributed by atoms with E-state index in [9.17, 15) is 9.90 Å². The van der Waals surface area contributed by atoms with Crippen molar-refractivity contribution in [3.63, 3.8) is 0 Å². The summed E-state index contributed by atoms with van der Waals surface area (Å²) in [6, 6.07) is 13.4. The number of hydrogen-bond acceptors (Lipinski definition) is 3. The van der Waals surface area contributed by atoms with Crippen molar-refractivity contribution in [2.75, 3.05) is 13.7 Å². The maximum absolute atomic E-state index is 11.7. The average Bonchev–Trinajstić information content (AvgIpc) is 2.60. The third kappa shape index (κ3) is 4.28. The number of ether oxygens (including phenoxy) is 2. The molecule has 4 nitrogen and oxygen atoms in total. The van der Waals surface area contributed by atoms with Crippen LogP contribution >= 0.6 is 0 Å². The molecule has 0 amide bonds. The van der Waals surface area contributed by atoms with Gasteiger partial charge in [-0.25, -0.2) is 0 Å². The molecule has 0 fully saturated rings. The summed E-state index contributed by atoms with van der Waals surface area (Å²) in [6.07, 6.45) is 1.34. The van der Waals surface area contributed by atoms with Crippen molar-refractivity contribution in [2.24, 2.45) is 0 Å². The molecule has 4 heteroatoms. The normalized spacial score (nSPS) is 11.8. The summed E-state index contributed by atoms with van der Waals surface area (Å²) in [5, 5.41) is 9.62. The Kier molecular flexibility index (Phi) is 6.24. The van der Waals surface area contributed by atoms with E-state index in [1.807, 2.05) is 49.4 Å². The largest absolute Gasteiger partial charge is 0.493 e. The molecule has 128 valence electrons. The summed E-state index contributed by atoms with van der Waals surface area (Å²) >= 11 is 0. The van der Waals surface area contributed by atoms with Crippen molar-refractivity contribution in [2.45, 2.75) is 32.6 Å². The van der Waals surface area contributed by atoms with E-state index in [1.165, 1.54) is 5.56 Å². The van der Waals surface area contributed by atoms with Crippen LogP contribution in [0.2, 0.25) is 0 Å². The zero-order chi connectivity index (χ0) is 17.5. The highest BCUT2D eigenvalue weighted by Gasteiger charge is 2.21. The van der Waals surface area contributed by atoms with Gasteiger partial charge in [-0.05, 0) is 48.6 Å². The molecule has 2 aromatic rings. The Labute approximate surface area is 143 Å². The van der Waals surface area contributed by atoms with Gasteiger partial charge in [0.2, 0.25) is 0 Å². The lowest BCUT2D eigenvalue weighted by molar-refractivity contribution is -0.138. The Morgan fingerprint density at radius 1 is 1.04 bits per heavy atom. The van der Waals surface area contributed by atoms with Gasteiger partial charge in [-0.2, -0.15) is 0 Å². The van der Waals surface area contributed by atoms with Gasteiger partial charge in [0.05, 0.1) is 19.6 Å². The van der Waals surface area contributed by atoms with E-state index < -0.39 is 11.9 Å². The second-order valence-electron chi connectivity index (χ2n) is 5.61. The van der Waals surface area contributed by atoms with Crippen LogP contribution in [-0.2, 0) is 17.6 Å². The number of rotatable bonds is 8. The summed E-state index contributed by atoms with van der Waals surface area (Å²) in [5.74, 6) is -0.117. The molecule has 1 atom stereocenters. The quantitative estimate of drug-likeness (QED) is 0.794. The monoisotopic (exact) mass is 328 g/mol. The lowest BCUT2D eigenvalue weighted by atomic mass is 9.91. The predicted molar refractivity (Wildman–Crippen MR) is 94.1 cm³/mol. The molecular formula is C20H24O4. The minimum absolute atomic E-state index is 0.406. The zero-order valence-electron chi connectivity index (χ0n) is 14.4. The number of carboxylic acids is 1. The molecule has 0 spiro atoms. The van der Waals surface area contributed by atoms with Crippen LogP contribution in [-0.4, -0.2) is 24.8 Å². The van der Waals surface area contributed by atoms with Gasteiger partial charge in [-0.3, -0.25) is 4.79 Å². The SMILES string of the molecule is CCOc1ccc(CC(C(=O)O)c2ccc(CC)cc2)cc1OC. The first-order valence-corrected chi connectivity index (χ1v) is 8.20. The molecule has 0 saturated carbocycles. The average molecular weight is 328 g/mol. The molecule has 2 aromatic carbocycles. The minimum atomic E-state index is -0.827. The number of methoxy groups -OCH3 is 1. The second kappa shape index (κ2) is 8.39. The van der Waals surface area contributed by atoms with Crippen molar-refractivity contribution in [1.82, 2.24) is 0 Å². The van der Waals surface area contributed by atoms with Crippen LogP contribution in [0.25, 0.3) is 0 Å². The fraction of sp³-hybridized carbons (Fsp3) is 0.350. The van der Waals surface area contributed by atoms with Gasteiger partial charge in [-0.1, -0.05) is 37.3 Å². The van der Waals surface area contributed by atoms with Gasteiger partial charge in [0.1, 0.15) is 0 Å². The second-order valence-corrected chi connectivity index (χ2v) is 5.61. The van der Waals surface area contributed by atoms with Gasteiger partial charge in [0.25, 0.3) is 0 Å². The highest BCUT2D eigenvalue weighted by molar-refractivity contribution is 5.76. The highest BCUT2D eigenvalue weighted by Crippen LogP contribution is 2.30. The van der Waals surface area contributed by atoms with Crippen molar-refractivity contribution < 1.29 is 19.4 Å². The van der Waals surface area contributed by atoms with Gasteiger partial charge in [-0.15, -0.1) is 0 Å². The zero-order valence-corrected chi connectivity index (χ0v) is 14.4. The molecule has 2 rings (SSSR count). The summed E-state index contributed by atoms with van der Waals surface area (Å²) in [4.78, 5) is 11.7. The van der Waals surface area contributed by atoms with Crippen molar-refractivity contribution in [3.8, 4) is 11.5 Å². The molecule has 0 heterocycles. The molecule has 24 heavy (non-hydrogen) atoms. The Bertz CT molecular complexity index is 677. The first kappa shape index (κ1) is 17.9. The molecule has 0 bridgehead atoms. The molecule has 1 N–H and O–H groups in total. The third-order valence-electron chi connectivity index (χ3n) is 4.06. The fourth-order valence-electron chi connectivity index (χ4n) is 2.68. The summed E-state index contributed by atoms with van der Waals surface area (Å²) in [6.45, 7) is 4.54. The van der Waals surface area contributed by atoms with E-state index in [-0.39, 0.29) is 0 Å². The first-order valence-electron chi connectivity index (χ1n) is 8.20. The van der Waals surface area contributed by atoms with Gasteiger partial charge < -0.3 is 14.6 Å². The van der Waals surface area contributed by atoms with Crippen LogP contribution in [0.1, 0.15) is 36.5 Å². The predicted octanol–water partition coefficient (Wildman–Crippen LogP) is 4.07. The van der Waals surface area contributed by atoms with Crippen LogP contribution in [0.4, 0.5) is 0 Å². The smallest absolute Gasteiger partial charge is 0.311 e. The van der Waals surface area contributed by atoms with E-state index in [4.69, 9.17) is 9.47 Å². The van der Waals surface area contributed by atoms with E-state index >= 15 is 0 Å². The van der Waals surface area contributed by atoms with Crippen LogP contribution in [0.15, 0.2) is 42.5 Å². The van der Waals surface area contributed by atoms with Crippen LogP contribution in [0.5, 0.6) is 11.5 Å². The molecule has 0 saturated heterocycles. The Morgan fingerprint density at radius 3 is 2.25 bits per heavy atom. The minimum Gasteiger partial charge on any atom is -0.493 e. The molecule has 0 aliphatic heterocycles. The van der Waals surface area contributed by atoms with Crippen LogP contribution < -0.4 is 9.47 Å². The van der Waals surface area contributed by atoms with E-state index in [0.29, 0.717) is 24.5 Å². The third-order valence-corrected chi connectivity index (χ3v) is 4.06. The van der Waals surface area contributed by atoms with Gasteiger partial charge in [0.15, 0.2) is 11.5 Å². The topological polar surface area (TPSA) is 55.8 Å². The Hall–Kier alpha value is -2.49. The summed E-state index contributed by atoms with van der Waals surface area (Å²) < 4.78 is 10.8. The number of carboxylic acid groups (broad SMARTS) is 1. The number of aryl methyl sites for hydroxylation is 1. The number of carbonyl (C=O) groups is 1. The van der Waals surface area contributed by atoms with Gasteiger partial charge in [0, 0.05) is 0 Å². The van der Waals surface area contributed by atoms with Crippen LogP contribution in [0.3, 0.4) is 0 Å². The molecule has 0 aliphatic carbocycles. The Balaban J connectivity index is 2.25. The number of benzene rings is 2. The maximum atomic E-state index is 11.7. The first-order chi connectivity index (χ1) is 11.6. The standard InChI is InChI=1S/C20H24O4/c1-4-14-6-9-16(10-7-14)17(20(21)22)12-15-8-11-18(24-5-2)19(13-15)23-3/h6-11,13,17H,4-5,12H2,1-3H3,(H,21,22). The summed E-state index contributed by atoms with van der Waals surface area (Å²) in [7, 11) is 1.58. The lowest BCUT2D eigenvalue weighted by Crippen LogP contribution is -2.14. The van der Waals surface area contributed by atoms with Crippen molar-refractivity contribution in [3.05, 3.63) is 59.2 Å². The number of aliphatic carboxylic acids is 1. The molecule has 0 radical (unpaired) electrons. The fourth-order valence-corrected chi connectivity index (χ4v) is 2.68. The van der Waals surface area contributed by atoms with Crippen LogP contribution in [0, 0.1) is 0 Å². The molecular weight excluding hydrogens is 304 g/mol.